The predicted octanol–water partition coefficient (Wildman–Crippen LogP) is 5.32. The molecule has 0 saturated heterocycles. The Balaban J connectivity index is 3.03. The Bertz CT molecular complexity index is 344. The molecule has 0 radical (unpaired) electrons. The molecule has 0 aromatic heterocycles. The first kappa shape index (κ1) is 14.6. The van der Waals surface area contributed by atoms with E-state index in [1.54, 1.807) is 0 Å². The Morgan fingerprint density at radius 1 is 0.824 bits per heavy atom. The Hall–Kier alpha value is -0.430. The highest BCUT2D eigenvalue weighted by molar-refractivity contribution is 7.81. The molecule has 96 valence electrons. The normalized spacial score (nSPS) is 15.6. The minimum absolute atomic E-state index is 0.00659. The van der Waals surface area contributed by atoms with E-state index in [9.17, 15) is 0 Å². The zero-order valence-corrected chi connectivity index (χ0v) is 12.8. The van der Waals surface area contributed by atoms with Gasteiger partial charge < -0.3 is 0 Å². The van der Waals surface area contributed by atoms with Crippen LogP contribution in [0.4, 0.5) is 0 Å². The summed E-state index contributed by atoms with van der Waals surface area (Å²) in [6.45, 7) is 11.3. The van der Waals surface area contributed by atoms with Crippen LogP contribution in [0.15, 0.2) is 24.3 Å². The van der Waals surface area contributed by atoms with E-state index in [1.807, 2.05) is 0 Å². The van der Waals surface area contributed by atoms with Crippen LogP contribution in [0.25, 0.3) is 0 Å². The van der Waals surface area contributed by atoms with Crippen LogP contribution >= 0.6 is 12.6 Å². The first-order chi connectivity index (χ1) is 7.89. The molecule has 0 aliphatic rings. The van der Waals surface area contributed by atoms with Crippen LogP contribution in [-0.2, 0) is 10.2 Å². The summed E-state index contributed by atoms with van der Waals surface area (Å²) in [5, 5.41) is 0. The van der Waals surface area contributed by atoms with Crippen molar-refractivity contribution >= 4 is 12.6 Å². The molecular formula is C16H26S. The third-order valence-electron chi connectivity index (χ3n) is 4.45. The lowest BCUT2D eigenvalue weighted by atomic mass is 9.77. The summed E-state index contributed by atoms with van der Waals surface area (Å²) < 4.78 is -0.00659. The third kappa shape index (κ3) is 3.07. The fourth-order valence-corrected chi connectivity index (χ4v) is 2.24. The molecule has 0 bridgehead atoms. The third-order valence-corrected chi connectivity index (χ3v) is 5.03. The average molecular weight is 250 g/mol. The molecular weight excluding hydrogens is 224 g/mol. The predicted molar refractivity (Wildman–Crippen MR) is 81.0 cm³/mol. The van der Waals surface area contributed by atoms with Crippen LogP contribution in [0.5, 0.6) is 0 Å². The Morgan fingerprint density at radius 3 is 1.59 bits per heavy atom. The van der Waals surface area contributed by atoms with E-state index in [0.29, 0.717) is 5.41 Å². The lowest BCUT2D eigenvalue weighted by Crippen LogP contribution is -2.20. The standard InChI is InChI=1S/C16H26S/c1-6-15(4,7-2)13-9-11-14(12-10-13)16(5,17)8-3/h9-12,17H,6-8H2,1-5H3. The Kier molecular flexibility index (Phi) is 4.71. The summed E-state index contributed by atoms with van der Waals surface area (Å²) in [4.78, 5) is 0. The van der Waals surface area contributed by atoms with Gasteiger partial charge in [0.25, 0.3) is 0 Å². The zero-order chi connectivity index (χ0) is 13.1. The van der Waals surface area contributed by atoms with Gasteiger partial charge in [0, 0.05) is 4.75 Å². The highest BCUT2D eigenvalue weighted by atomic mass is 32.1. The van der Waals surface area contributed by atoms with Gasteiger partial charge in [-0.25, -0.2) is 0 Å². The van der Waals surface area contributed by atoms with Crippen molar-refractivity contribution in [1.82, 2.24) is 0 Å². The van der Waals surface area contributed by atoms with Crippen LogP contribution in [0, 0.1) is 0 Å². The smallest absolute Gasteiger partial charge is 0.0347 e. The van der Waals surface area contributed by atoms with Gasteiger partial charge in [0.15, 0.2) is 0 Å². The molecule has 1 rings (SSSR count). The number of benzene rings is 1. The summed E-state index contributed by atoms with van der Waals surface area (Å²) in [7, 11) is 0. The largest absolute Gasteiger partial charge is 0.168 e. The highest BCUT2D eigenvalue weighted by Gasteiger charge is 2.24. The van der Waals surface area contributed by atoms with Gasteiger partial charge in [0.1, 0.15) is 0 Å². The van der Waals surface area contributed by atoms with Crippen molar-refractivity contribution in [3.05, 3.63) is 35.4 Å². The van der Waals surface area contributed by atoms with Crippen LogP contribution in [-0.4, -0.2) is 0 Å². The molecule has 0 fully saturated rings. The van der Waals surface area contributed by atoms with E-state index in [0.717, 1.165) is 6.42 Å². The lowest BCUT2D eigenvalue weighted by molar-refractivity contribution is 0.438. The van der Waals surface area contributed by atoms with Gasteiger partial charge in [-0.1, -0.05) is 52.0 Å². The van der Waals surface area contributed by atoms with Crippen molar-refractivity contribution in [2.24, 2.45) is 0 Å². The van der Waals surface area contributed by atoms with Gasteiger partial charge in [0.05, 0.1) is 0 Å². The van der Waals surface area contributed by atoms with E-state index >= 15 is 0 Å². The van der Waals surface area contributed by atoms with Crippen LogP contribution in [0.2, 0.25) is 0 Å². The molecule has 1 aromatic carbocycles. The van der Waals surface area contributed by atoms with Gasteiger partial charge >= 0.3 is 0 Å². The van der Waals surface area contributed by atoms with E-state index in [4.69, 9.17) is 12.6 Å². The molecule has 1 atom stereocenters. The van der Waals surface area contributed by atoms with Crippen molar-refractivity contribution in [1.29, 1.82) is 0 Å². The van der Waals surface area contributed by atoms with E-state index in [-0.39, 0.29) is 4.75 Å². The molecule has 17 heavy (non-hydrogen) atoms. The minimum Gasteiger partial charge on any atom is -0.168 e. The number of rotatable bonds is 5. The molecule has 1 heteroatoms. The molecule has 0 spiro atoms. The zero-order valence-electron chi connectivity index (χ0n) is 11.9. The molecule has 0 saturated carbocycles. The number of thiol groups is 1. The molecule has 0 nitrogen and oxygen atoms in total. The SMILES string of the molecule is CCC(C)(S)c1ccc(C(C)(CC)CC)cc1. The Morgan fingerprint density at radius 2 is 1.24 bits per heavy atom. The summed E-state index contributed by atoms with van der Waals surface area (Å²) in [5.74, 6) is 0. The quantitative estimate of drug-likeness (QED) is 0.672. The monoisotopic (exact) mass is 250 g/mol. The van der Waals surface area contributed by atoms with Crippen molar-refractivity contribution in [2.75, 3.05) is 0 Å². The molecule has 0 N–H and O–H groups in total. The second-order valence-corrected chi connectivity index (χ2v) is 6.46. The second-order valence-electron chi connectivity index (χ2n) is 5.47. The summed E-state index contributed by atoms with van der Waals surface area (Å²) >= 11 is 4.73. The maximum Gasteiger partial charge on any atom is 0.0347 e. The van der Waals surface area contributed by atoms with E-state index in [1.165, 1.54) is 24.0 Å². The van der Waals surface area contributed by atoms with Crippen molar-refractivity contribution < 1.29 is 0 Å². The highest BCUT2D eigenvalue weighted by Crippen LogP contribution is 2.35. The van der Waals surface area contributed by atoms with Crippen LogP contribution in [0.1, 0.15) is 65.0 Å². The average Bonchev–Trinajstić information content (AvgIpc) is 2.38. The second kappa shape index (κ2) is 5.48. The first-order valence-electron chi connectivity index (χ1n) is 6.73. The van der Waals surface area contributed by atoms with Gasteiger partial charge in [0.2, 0.25) is 0 Å². The van der Waals surface area contributed by atoms with Crippen molar-refractivity contribution in [3.8, 4) is 0 Å². The summed E-state index contributed by atoms with van der Waals surface area (Å²) in [5.41, 5.74) is 3.09. The molecule has 0 aliphatic heterocycles. The molecule has 0 aliphatic carbocycles. The van der Waals surface area contributed by atoms with Crippen molar-refractivity contribution in [2.45, 2.75) is 64.0 Å². The molecule has 0 amide bonds. The topological polar surface area (TPSA) is 0 Å². The maximum atomic E-state index is 4.73. The fraction of sp³-hybridized carbons (Fsp3) is 0.625. The van der Waals surface area contributed by atoms with E-state index in [2.05, 4.69) is 58.9 Å². The fourth-order valence-electron chi connectivity index (χ4n) is 2.09. The van der Waals surface area contributed by atoms with Gasteiger partial charge in [-0.3, -0.25) is 0 Å². The van der Waals surface area contributed by atoms with Gasteiger partial charge in [-0.15, -0.1) is 0 Å². The van der Waals surface area contributed by atoms with Crippen molar-refractivity contribution in [3.63, 3.8) is 0 Å². The van der Waals surface area contributed by atoms with E-state index < -0.39 is 0 Å². The first-order valence-corrected chi connectivity index (χ1v) is 7.17. The molecule has 1 aromatic rings. The van der Waals surface area contributed by atoms with Crippen LogP contribution < -0.4 is 0 Å². The lowest BCUT2D eigenvalue weighted by Gasteiger charge is -2.29. The minimum atomic E-state index is -0.00659. The van der Waals surface area contributed by atoms with Gasteiger partial charge in [-0.05, 0) is 42.7 Å². The van der Waals surface area contributed by atoms with Crippen LogP contribution in [0.3, 0.4) is 0 Å². The molecule has 0 heterocycles. The summed E-state index contributed by atoms with van der Waals surface area (Å²) in [6, 6.07) is 9.06. The van der Waals surface area contributed by atoms with Gasteiger partial charge in [-0.2, -0.15) is 12.6 Å². The summed E-state index contributed by atoms with van der Waals surface area (Å²) in [6.07, 6.45) is 3.43. The Labute approximate surface area is 112 Å². The number of hydrogen-bond donors (Lipinski definition) is 1. The number of hydrogen-bond acceptors (Lipinski definition) is 1. The molecule has 1 unspecified atom stereocenters. The maximum absolute atomic E-state index is 4.73.